The third-order valence-electron chi connectivity index (χ3n) is 3.95. The second-order valence-electron chi connectivity index (χ2n) is 6.28. The second kappa shape index (κ2) is 7.77. The Bertz CT molecular complexity index is 1100. The Morgan fingerprint density at radius 2 is 1.71 bits per heavy atom. The van der Waals surface area contributed by atoms with Crippen LogP contribution < -0.4 is 9.46 Å². The summed E-state index contributed by atoms with van der Waals surface area (Å²) in [5, 5.41) is 8.90. The van der Waals surface area contributed by atoms with Gasteiger partial charge in [0, 0.05) is 0 Å². The van der Waals surface area contributed by atoms with Crippen LogP contribution in [0, 0.1) is 13.8 Å². The lowest BCUT2D eigenvalue weighted by Gasteiger charge is -2.14. The minimum Gasteiger partial charge on any atom is -0.483 e. The fraction of sp³-hybridized carbons (Fsp3) is 0.150. The quantitative estimate of drug-likeness (QED) is 0.620. The maximum absolute atomic E-state index is 12.7. The molecule has 0 aliphatic carbocycles. The van der Waals surface area contributed by atoms with Crippen molar-refractivity contribution in [3.05, 3.63) is 77.2 Å². The van der Waals surface area contributed by atoms with Crippen molar-refractivity contribution in [3.8, 4) is 5.75 Å². The van der Waals surface area contributed by atoms with Gasteiger partial charge in [-0.05, 0) is 55.8 Å². The van der Waals surface area contributed by atoms with Crippen molar-refractivity contribution in [1.82, 2.24) is 0 Å². The van der Waals surface area contributed by atoms with Crippen molar-refractivity contribution < 1.29 is 27.5 Å². The highest BCUT2D eigenvalue weighted by Gasteiger charge is 2.17. The minimum absolute atomic E-state index is 0.0460. The molecule has 8 heteroatoms. The molecular formula is C20H19NO6S. The van der Waals surface area contributed by atoms with E-state index in [2.05, 4.69) is 4.72 Å². The maximum atomic E-state index is 12.7. The topological polar surface area (TPSA) is 106 Å². The number of benzene rings is 2. The average molecular weight is 401 g/mol. The summed E-state index contributed by atoms with van der Waals surface area (Å²) < 4.78 is 38.7. The molecule has 2 N–H and O–H groups in total. The van der Waals surface area contributed by atoms with Crippen LogP contribution in [0.3, 0.4) is 0 Å². The third-order valence-corrected chi connectivity index (χ3v) is 5.33. The van der Waals surface area contributed by atoms with E-state index in [0.717, 1.165) is 11.1 Å². The van der Waals surface area contributed by atoms with Crippen LogP contribution in [0.5, 0.6) is 5.75 Å². The molecule has 0 saturated carbocycles. The molecule has 0 aliphatic heterocycles. The van der Waals surface area contributed by atoms with Gasteiger partial charge in [0.25, 0.3) is 10.0 Å². The van der Waals surface area contributed by atoms with E-state index >= 15 is 0 Å². The van der Waals surface area contributed by atoms with E-state index in [-0.39, 0.29) is 22.9 Å². The Hall–Kier alpha value is -3.26. The lowest BCUT2D eigenvalue weighted by molar-refractivity contribution is 0.0658. The summed E-state index contributed by atoms with van der Waals surface area (Å²) in [4.78, 5) is 11.0. The van der Waals surface area contributed by atoms with Crippen LogP contribution in [0.4, 0.5) is 5.69 Å². The van der Waals surface area contributed by atoms with Crippen molar-refractivity contribution in [2.24, 2.45) is 0 Å². The molecule has 0 aliphatic rings. The number of carbonyl (C=O) groups is 1. The van der Waals surface area contributed by atoms with Crippen LogP contribution in [0.25, 0.3) is 0 Å². The summed E-state index contributed by atoms with van der Waals surface area (Å²) >= 11 is 0. The lowest BCUT2D eigenvalue weighted by Crippen LogP contribution is -2.14. The number of ether oxygens (including phenoxy) is 1. The maximum Gasteiger partial charge on any atom is 0.371 e. The largest absolute Gasteiger partial charge is 0.483 e. The molecule has 1 aromatic heterocycles. The van der Waals surface area contributed by atoms with Gasteiger partial charge >= 0.3 is 5.97 Å². The Morgan fingerprint density at radius 3 is 2.36 bits per heavy atom. The second-order valence-corrected chi connectivity index (χ2v) is 7.96. The number of anilines is 1. The van der Waals surface area contributed by atoms with E-state index in [4.69, 9.17) is 14.3 Å². The molecular weight excluding hydrogens is 382 g/mol. The molecule has 0 radical (unpaired) electrons. The molecule has 2 aromatic carbocycles. The molecule has 28 heavy (non-hydrogen) atoms. The summed E-state index contributed by atoms with van der Waals surface area (Å²) in [5.74, 6) is -0.754. The molecule has 0 unspecified atom stereocenters. The predicted octanol–water partition coefficient (Wildman–Crippen LogP) is 3.97. The molecule has 3 rings (SSSR count). The Morgan fingerprint density at radius 1 is 1.04 bits per heavy atom. The van der Waals surface area contributed by atoms with E-state index in [1.54, 1.807) is 30.3 Å². The number of carboxylic acids is 1. The van der Waals surface area contributed by atoms with Crippen molar-refractivity contribution in [1.29, 1.82) is 0 Å². The van der Waals surface area contributed by atoms with Gasteiger partial charge in [0.1, 0.15) is 18.1 Å². The Labute approximate surface area is 162 Å². The van der Waals surface area contributed by atoms with E-state index in [1.165, 1.54) is 24.3 Å². The molecule has 0 fully saturated rings. The molecule has 0 atom stereocenters. The highest BCUT2D eigenvalue weighted by atomic mass is 32.2. The SMILES string of the molecule is Cc1ccc(S(=O)(=O)Nc2cc(C)ccc2OCc2ccc(C(=O)O)o2)cc1. The van der Waals surface area contributed by atoms with Crippen LogP contribution in [0.1, 0.15) is 27.4 Å². The number of rotatable bonds is 7. The van der Waals surface area contributed by atoms with Crippen LogP contribution in [-0.4, -0.2) is 19.5 Å². The zero-order chi connectivity index (χ0) is 20.3. The first-order chi connectivity index (χ1) is 13.2. The fourth-order valence-electron chi connectivity index (χ4n) is 2.49. The smallest absolute Gasteiger partial charge is 0.371 e. The summed E-state index contributed by atoms with van der Waals surface area (Å²) in [5.41, 5.74) is 2.09. The normalized spacial score (nSPS) is 11.2. The highest BCUT2D eigenvalue weighted by molar-refractivity contribution is 7.92. The summed E-state index contributed by atoms with van der Waals surface area (Å²) in [6.45, 7) is 3.66. The molecule has 0 spiro atoms. The number of nitrogens with one attached hydrogen (secondary N) is 1. The van der Waals surface area contributed by atoms with Crippen molar-refractivity contribution in [3.63, 3.8) is 0 Å². The van der Waals surface area contributed by atoms with Gasteiger partial charge in [0.2, 0.25) is 5.76 Å². The lowest BCUT2D eigenvalue weighted by atomic mass is 10.2. The Balaban J connectivity index is 1.82. The van der Waals surface area contributed by atoms with E-state index in [9.17, 15) is 13.2 Å². The standard InChI is InChI=1S/C20H19NO6S/c1-13-3-7-16(8-4-13)28(24,25)21-17-11-14(2)5-9-18(17)26-12-15-6-10-19(27-15)20(22)23/h3-11,21H,12H2,1-2H3,(H,22,23). The van der Waals surface area contributed by atoms with Crippen LogP contribution in [0.2, 0.25) is 0 Å². The van der Waals surface area contributed by atoms with Gasteiger partial charge in [-0.1, -0.05) is 23.8 Å². The molecule has 0 saturated heterocycles. The molecule has 7 nitrogen and oxygen atoms in total. The van der Waals surface area contributed by atoms with Gasteiger partial charge in [-0.15, -0.1) is 0 Å². The predicted molar refractivity (Wildman–Crippen MR) is 103 cm³/mol. The van der Waals surface area contributed by atoms with Crippen LogP contribution >= 0.6 is 0 Å². The number of furan rings is 1. The van der Waals surface area contributed by atoms with Crippen molar-refractivity contribution in [2.75, 3.05) is 4.72 Å². The minimum atomic E-state index is -3.79. The first-order valence-electron chi connectivity index (χ1n) is 8.39. The van der Waals surface area contributed by atoms with Gasteiger partial charge in [-0.2, -0.15) is 0 Å². The molecule has 146 valence electrons. The highest BCUT2D eigenvalue weighted by Crippen LogP contribution is 2.29. The van der Waals surface area contributed by atoms with E-state index < -0.39 is 16.0 Å². The summed E-state index contributed by atoms with van der Waals surface area (Å²) in [6.07, 6.45) is 0. The number of aromatic carboxylic acids is 1. The van der Waals surface area contributed by atoms with Crippen molar-refractivity contribution in [2.45, 2.75) is 25.3 Å². The van der Waals surface area contributed by atoms with Crippen LogP contribution in [0.15, 0.2) is 63.9 Å². The molecule has 0 amide bonds. The zero-order valence-corrected chi connectivity index (χ0v) is 16.1. The zero-order valence-electron chi connectivity index (χ0n) is 15.3. The summed E-state index contributed by atoms with van der Waals surface area (Å²) in [6, 6.07) is 14.4. The Kier molecular flexibility index (Phi) is 5.41. The van der Waals surface area contributed by atoms with Gasteiger partial charge in [0.05, 0.1) is 10.6 Å². The number of hydrogen-bond acceptors (Lipinski definition) is 5. The number of aryl methyl sites for hydroxylation is 2. The molecule has 1 heterocycles. The first kappa shape index (κ1) is 19.5. The average Bonchev–Trinajstić information content (AvgIpc) is 3.10. The molecule has 3 aromatic rings. The number of carboxylic acid groups (broad SMARTS) is 1. The first-order valence-corrected chi connectivity index (χ1v) is 9.88. The summed E-state index contributed by atoms with van der Waals surface area (Å²) in [7, 11) is -3.79. The number of hydrogen-bond donors (Lipinski definition) is 2. The van der Waals surface area contributed by atoms with Gasteiger partial charge in [0.15, 0.2) is 0 Å². The van der Waals surface area contributed by atoms with Gasteiger partial charge < -0.3 is 14.3 Å². The fourth-order valence-corrected chi connectivity index (χ4v) is 3.55. The van der Waals surface area contributed by atoms with Gasteiger partial charge in [-0.3, -0.25) is 4.72 Å². The number of sulfonamides is 1. The molecule has 0 bridgehead atoms. The van der Waals surface area contributed by atoms with E-state index in [0.29, 0.717) is 11.5 Å². The monoisotopic (exact) mass is 401 g/mol. The van der Waals surface area contributed by atoms with Crippen molar-refractivity contribution >= 4 is 21.7 Å². The third kappa shape index (κ3) is 4.52. The van der Waals surface area contributed by atoms with Crippen LogP contribution in [-0.2, 0) is 16.6 Å². The van der Waals surface area contributed by atoms with Gasteiger partial charge in [-0.25, -0.2) is 13.2 Å². The van der Waals surface area contributed by atoms with E-state index in [1.807, 2.05) is 13.8 Å².